The third-order valence-electron chi connectivity index (χ3n) is 4.44. The van der Waals surface area contributed by atoms with E-state index >= 15 is 0 Å². The molecule has 0 radical (unpaired) electrons. The summed E-state index contributed by atoms with van der Waals surface area (Å²) < 4.78 is 31.1. The standard InChI is InChI=1S/C21H16F2N4O3S/c22-20(23)30-17-8-4-2-5-13(17)16-11-31-21(25-16)26-18(28)9-10-27-12-24-15-7-3-1-6-14(15)19(27)29/h1-8,11-12,20H,9-10H2,(H,25,26,28). The molecule has 0 saturated heterocycles. The number of alkyl halides is 2. The first-order valence-electron chi connectivity index (χ1n) is 9.25. The first kappa shape index (κ1) is 20.6. The first-order chi connectivity index (χ1) is 15.0. The summed E-state index contributed by atoms with van der Waals surface area (Å²) in [7, 11) is 0. The summed E-state index contributed by atoms with van der Waals surface area (Å²) in [4.78, 5) is 33.3. The molecule has 31 heavy (non-hydrogen) atoms. The van der Waals surface area contributed by atoms with Crippen LogP contribution in [0.15, 0.2) is 65.0 Å². The van der Waals surface area contributed by atoms with Crippen LogP contribution in [-0.4, -0.2) is 27.1 Å². The lowest BCUT2D eigenvalue weighted by molar-refractivity contribution is -0.116. The van der Waals surface area contributed by atoms with Gasteiger partial charge in [0.2, 0.25) is 5.91 Å². The number of hydrogen-bond donors (Lipinski definition) is 1. The predicted octanol–water partition coefficient (Wildman–Crippen LogP) is 4.15. The van der Waals surface area contributed by atoms with Gasteiger partial charge in [-0.15, -0.1) is 11.3 Å². The van der Waals surface area contributed by atoms with E-state index in [1.165, 1.54) is 17.0 Å². The number of fused-ring (bicyclic) bond motifs is 1. The van der Waals surface area contributed by atoms with Crippen molar-refractivity contribution in [3.8, 4) is 17.0 Å². The fourth-order valence-electron chi connectivity index (χ4n) is 3.00. The molecular formula is C21H16F2N4O3S. The number of thiazole rings is 1. The minimum atomic E-state index is -2.95. The van der Waals surface area contributed by atoms with E-state index in [1.54, 1.807) is 47.8 Å². The minimum Gasteiger partial charge on any atom is -0.434 e. The van der Waals surface area contributed by atoms with E-state index in [2.05, 4.69) is 20.0 Å². The number of para-hydroxylation sites is 2. The minimum absolute atomic E-state index is 0.00357. The second-order valence-electron chi connectivity index (χ2n) is 6.47. The van der Waals surface area contributed by atoms with E-state index in [4.69, 9.17) is 0 Å². The van der Waals surface area contributed by atoms with Gasteiger partial charge >= 0.3 is 6.61 Å². The van der Waals surface area contributed by atoms with Crippen molar-refractivity contribution in [1.29, 1.82) is 0 Å². The Morgan fingerprint density at radius 1 is 1.16 bits per heavy atom. The van der Waals surface area contributed by atoms with Crippen LogP contribution < -0.4 is 15.6 Å². The van der Waals surface area contributed by atoms with E-state index < -0.39 is 6.61 Å². The Hall–Kier alpha value is -3.66. The molecule has 158 valence electrons. The number of benzene rings is 2. The lowest BCUT2D eigenvalue weighted by atomic mass is 10.1. The van der Waals surface area contributed by atoms with Gasteiger partial charge in [-0.3, -0.25) is 14.2 Å². The maximum absolute atomic E-state index is 12.6. The predicted molar refractivity (Wildman–Crippen MR) is 113 cm³/mol. The van der Waals surface area contributed by atoms with Crippen molar-refractivity contribution in [3.05, 3.63) is 70.6 Å². The highest BCUT2D eigenvalue weighted by molar-refractivity contribution is 7.14. The molecule has 2 aromatic heterocycles. The maximum atomic E-state index is 12.6. The van der Waals surface area contributed by atoms with Crippen LogP contribution in [0.3, 0.4) is 0 Å². The highest BCUT2D eigenvalue weighted by Crippen LogP contribution is 2.33. The van der Waals surface area contributed by atoms with Crippen LogP contribution >= 0.6 is 11.3 Å². The third kappa shape index (κ3) is 4.75. The number of aryl methyl sites for hydroxylation is 1. The molecule has 4 rings (SSSR count). The quantitative estimate of drug-likeness (QED) is 0.465. The topological polar surface area (TPSA) is 86.1 Å². The largest absolute Gasteiger partial charge is 0.434 e. The normalized spacial score (nSPS) is 11.1. The van der Waals surface area contributed by atoms with Crippen LogP contribution in [0.2, 0.25) is 0 Å². The van der Waals surface area contributed by atoms with Gasteiger partial charge in [0, 0.05) is 23.9 Å². The molecular weight excluding hydrogens is 426 g/mol. The number of carbonyl (C=O) groups excluding carboxylic acids is 1. The van der Waals surface area contributed by atoms with Crippen molar-refractivity contribution in [2.24, 2.45) is 0 Å². The van der Waals surface area contributed by atoms with Crippen LogP contribution in [0.4, 0.5) is 13.9 Å². The van der Waals surface area contributed by atoms with Gasteiger partial charge in [0.05, 0.1) is 22.9 Å². The molecule has 0 aliphatic rings. The Bertz CT molecular complexity index is 1290. The highest BCUT2D eigenvalue weighted by atomic mass is 32.1. The second-order valence-corrected chi connectivity index (χ2v) is 7.33. The fraction of sp³-hybridized carbons (Fsp3) is 0.143. The number of ether oxygens (including phenoxy) is 1. The molecule has 0 saturated carbocycles. The van der Waals surface area contributed by atoms with Crippen molar-refractivity contribution < 1.29 is 18.3 Å². The fourth-order valence-corrected chi connectivity index (χ4v) is 3.73. The SMILES string of the molecule is O=C(CCn1cnc2ccccc2c1=O)Nc1nc(-c2ccccc2OC(F)F)cs1. The average molecular weight is 442 g/mol. The van der Waals surface area contributed by atoms with Crippen molar-refractivity contribution in [2.45, 2.75) is 19.6 Å². The molecule has 0 aliphatic carbocycles. The van der Waals surface area contributed by atoms with Crippen LogP contribution in [0.25, 0.3) is 22.2 Å². The second kappa shape index (κ2) is 9.00. The molecule has 7 nitrogen and oxygen atoms in total. The van der Waals surface area contributed by atoms with Gasteiger partial charge in [0.25, 0.3) is 5.56 Å². The van der Waals surface area contributed by atoms with Gasteiger partial charge in [-0.05, 0) is 24.3 Å². The average Bonchev–Trinajstić information content (AvgIpc) is 3.21. The molecule has 4 aromatic rings. The summed E-state index contributed by atoms with van der Waals surface area (Å²) in [5, 5.41) is 5.10. The maximum Gasteiger partial charge on any atom is 0.387 e. The number of nitrogens with one attached hydrogen (secondary N) is 1. The Morgan fingerprint density at radius 3 is 2.77 bits per heavy atom. The molecule has 0 atom stereocenters. The number of hydrogen-bond acceptors (Lipinski definition) is 6. The smallest absolute Gasteiger partial charge is 0.387 e. The molecule has 0 aliphatic heterocycles. The molecule has 1 amide bonds. The molecule has 0 unspecified atom stereocenters. The summed E-state index contributed by atoms with van der Waals surface area (Å²) in [6.45, 7) is -2.79. The Labute approximate surface area is 179 Å². The van der Waals surface area contributed by atoms with Crippen LogP contribution in [0.5, 0.6) is 5.75 Å². The van der Waals surface area contributed by atoms with Gasteiger partial charge in [-0.25, -0.2) is 9.97 Å². The summed E-state index contributed by atoms with van der Waals surface area (Å²) in [6.07, 6.45) is 1.46. The molecule has 1 N–H and O–H groups in total. The molecule has 0 bridgehead atoms. The molecule has 2 heterocycles. The Morgan fingerprint density at radius 2 is 1.94 bits per heavy atom. The molecule has 0 spiro atoms. The molecule has 0 fully saturated rings. The number of anilines is 1. The van der Waals surface area contributed by atoms with E-state index in [1.807, 2.05) is 0 Å². The summed E-state index contributed by atoms with van der Waals surface area (Å²) in [5.74, 6) is -0.332. The molecule has 2 aromatic carbocycles. The van der Waals surface area contributed by atoms with Crippen LogP contribution in [0.1, 0.15) is 6.42 Å². The molecule has 10 heteroatoms. The number of nitrogens with zero attached hydrogens (tertiary/aromatic N) is 3. The number of carbonyl (C=O) groups is 1. The van der Waals surface area contributed by atoms with Gasteiger partial charge in [0.1, 0.15) is 5.75 Å². The van der Waals surface area contributed by atoms with Crippen molar-refractivity contribution >= 4 is 33.3 Å². The summed E-state index contributed by atoms with van der Waals surface area (Å²) >= 11 is 1.16. The number of amides is 1. The summed E-state index contributed by atoms with van der Waals surface area (Å²) in [6, 6.07) is 13.3. The zero-order valence-electron chi connectivity index (χ0n) is 16.0. The number of halogens is 2. The monoisotopic (exact) mass is 442 g/mol. The first-order valence-corrected chi connectivity index (χ1v) is 10.1. The number of rotatable bonds is 7. The van der Waals surface area contributed by atoms with E-state index in [-0.39, 0.29) is 30.2 Å². The lowest BCUT2D eigenvalue weighted by Gasteiger charge is -2.08. The van der Waals surface area contributed by atoms with Crippen LogP contribution in [-0.2, 0) is 11.3 Å². The van der Waals surface area contributed by atoms with Gasteiger partial charge in [-0.1, -0.05) is 24.3 Å². The van der Waals surface area contributed by atoms with E-state index in [0.29, 0.717) is 27.3 Å². The van der Waals surface area contributed by atoms with Crippen molar-refractivity contribution in [3.63, 3.8) is 0 Å². The van der Waals surface area contributed by atoms with Gasteiger partial charge in [-0.2, -0.15) is 8.78 Å². The van der Waals surface area contributed by atoms with Gasteiger partial charge in [0.15, 0.2) is 5.13 Å². The van der Waals surface area contributed by atoms with Crippen molar-refractivity contribution in [1.82, 2.24) is 14.5 Å². The Balaban J connectivity index is 1.42. The van der Waals surface area contributed by atoms with E-state index in [9.17, 15) is 18.4 Å². The summed E-state index contributed by atoms with van der Waals surface area (Å²) in [5.41, 5.74) is 1.19. The number of aromatic nitrogens is 3. The zero-order valence-corrected chi connectivity index (χ0v) is 16.8. The van der Waals surface area contributed by atoms with Crippen molar-refractivity contribution in [2.75, 3.05) is 5.32 Å². The Kier molecular flexibility index (Phi) is 5.99. The lowest BCUT2D eigenvalue weighted by Crippen LogP contribution is -2.23. The van der Waals surface area contributed by atoms with Crippen LogP contribution in [0, 0.1) is 0 Å². The zero-order chi connectivity index (χ0) is 21.8. The highest BCUT2D eigenvalue weighted by Gasteiger charge is 2.14. The third-order valence-corrected chi connectivity index (χ3v) is 5.20. The van der Waals surface area contributed by atoms with E-state index in [0.717, 1.165) is 11.3 Å². The van der Waals surface area contributed by atoms with Gasteiger partial charge < -0.3 is 10.1 Å².